The second kappa shape index (κ2) is 8.37. The van der Waals surface area contributed by atoms with Crippen molar-refractivity contribution in [2.75, 3.05) is 49.1 Å². The number of rotatable bonds is 5. The predicted molar refractivity (Wildman–Crippen MR) is 94.4 cm³/mol. The van der Waals surface area contributed by atoms with Crippen molar-refractivity contribution in [3.05, 3.63) is 36.2 Å². The molecule has 0 spiro atoms. The van der Waals surface area contributed by atoms with Crippen LogP contribution in [-0.4, -0.2) is 56.5 Å². The fraction of sp³-hybridized carbons (Fsp3) is 0.438. The number of amides is 1. The summed E-state index contributed by atoms with van der Waals surface area (Å²) < 4.78 is 34.5. The van der Waals surface area contributed by atoms with Crippen LogP contribution in [0.5, 0.6) is 0 Å². The third kappa shape index (κ3) is 4.38. The Balaban J connectivity index is 1.76. The Labute approximate surface area is 155 Å². The molecule has 1 atom stereocenters. The number of ether oxygens (including phenoxy) is 1. The Bertz CT molecular complexity index is 688. The topological polar surface area (TPSA) is 109 Å². The molecular formula is C16H22F2N6O3. The highest BCUT2D eigenvalue weighted by molar-refractivity contribution is 5.90. The molecule has 0 aromatic heterocycles. The second-order valence-electron chi connectivity index (χ2n) is 6.14. The van der Waals surface area contributed by atoms with Crippen molar-refractivity contribution < 1.29 is 23.1 Å². The first kappa shape index (κ1) is 19.1. The van der Waals surface area contributed by atoms with Crippen LogP contribution in [0.3, 0.4) is 0 Å². The summed E-state index contributed by atoms with van der Waals surface area (Å²) in [6, 6.07) is 2.25. The van der Waals surface area contributed by atoms with Crippen LogP contribution in [0, 0.1) is 11.6 Å². The van der Waals surface area contributed by atoms with Crippen molar-refractivity contribution in [2.45, 2.75) is 6.10 Å². The summed E-state index contributed by atoms with van der Waals surface area (Å²) in [7, 11) is 0. The molecule has 0 aliphatic carbocycles. The molecule has 2 fully saturated rings. The van der Waals surface area contributed by atoms with Crippen molar-refractivity contribution in [3.8, 4) is 0 Å². The summed E-state index contributed by atoms with van der Waals surface area (Å²) in [5.74, 6) is 4.16. The molecule has 148 valence electrons. The number of carbonyl (C=O) groups is 1. The molecule has 0 bridgehead atoms. The molecule has 2 saturated heterocycles. The fourth-order valence-electron chi connectivity index (χ4n) is 3.06. The van der Waals surface area contributed by atoms with Gasteiger partial charge in [0, 0.05) is 44.2 Å². The molecule has 1 aromatic rings. The summed E-state index contributed by atoms with van der Waals surface area (Å²) in [5.41, 5.74) is 7.89. The molecule has 5 N–H and O–H groups in total. The average Bonchev–Trinajstić information content (AvgIpc) is 2.80. The normalized spacial score (nSPS) is 20.9. The SMILES string of the molecule is N/C=C\N(N)C[C@H]1CN(c2cc(F)c(N3CCNOCC3)c(F)c2)C(=O)O1. The quantitative estimate of drug-likeness (QED) is 0.489. The van der Waals surface area contributed by atoms with Gasteiger partial charge in [0.25, 0.3) is 0 Å². The van der Waals surface area contributed by atoms with E-state index >= 15 is 0 Å². The van der Waals surface area contributed by atoms with Crippen LogP contribution in [-0.2, 0) is 9.57 Å². The molecule has 0 radical (unpaired) electrons. The maximum Gasteiger partial charge on any atom is 0.414 e. The molecular weight excluding hydrogens is 362 g/mol. The van der Waals surface area contributed by atoms with E-state index in [-0.39, 0.29) is 24.5 Å². The number of nitrogens with two attached hydrogens (primary N) is 2. The summed E-state index contributed by atoms with van der Waals surface area (Å²) >= 11 is 0. The van der Waals surface area contributed by atoms with Gasteiger partial charge in [-0.3, -0.25) is 9.74 Å². The Morgan fingerprint density at radius 1 is 1.33 bits per heavy atom. The van der Waals surface area contributed by atoms with Crippen LogP contribution in [0.15, 0.2) is 24.5 Å². The van der Waals surface area contributed by atoms with E-state index in [0.717, 1.165) is 12.1 Å². The number of halogens is 2. The standard InChI is InChI=1S/C16H22F2N6O3/c17-13-7-11(8-14(18)15(13)22-4-2-21-26-6-5-22)24-10-12(27-16(24)25)9-23(20)3-1-19/h1,3,7-8,12,21H,2,4-6,9-10,19-20H2/b3-1-/t12-/m0/s1. The minimum atomic E-state index is -0.755. The lowest BCUT2D eigenvalue weighted by molar-refractivity contribution is 0.0589. The molecule has 27 heavy (non-hydrogen) atoms. The van der Waals surface area contributed by atoms with Crippen molar-refractivity contribution in [3.63, 3.8) is 0 Å². The van der Waals surface area contributed by atoms with E-state index in [4.69, 9.17) is 21.2 Å². The molecule has 2 aliphatic heterocycles. The molecule has 2 heterocycles. The molecule has 1 amide bonds. The average molecular weight is 384 g/mol. The lowest BCUT2D eigenvalue weighted by atomic mass is 10.2. The number of hydrogen-bond acceptors (Lipinski definition) is 8. The molecule has 11 heteroatoms. The number of carbonyl (C=O) groups excluding carboxylic acids is 1. The van der Waals surface area contributed by atoms with E-state index < -0.39 is 23.8 Å². The van der Waals surface area contributed by atoms with E-state index in [2.05, 4.69) is 5.48 Å². The van der Waals surface area contributed by atoms with Crippen LogP contribution in [0.1, 0.15) is 0 Å². The van der Waals surface area contributed by atoms with Crippen LogP contribution in [0.4, 0.5) is 25.0 Å². The first-order valence-corrected chi connectivity index (χ1v) is 8.46. The van der Waals surface area contributed by atoms with Gasteiger partial charge < -0.3 is 20.4 Å². The Kier molecular flexibility index (Phi) is 5.94. The lowest BCUT2D eigenvalue weighted by Crippen LogP contribution is -2.36. The predicted octanol–water partition coefficient (Wildman–Crippen LogP) is 0.237. The number of hydroxylamine groups is 1. The monoisotopic (exact) mass is 384 g/mol. The van der Waals surface area contributed by atoms with E-state index in [1.54, 1.807) is 4.90 Å². The number of anilines is 2. The Hall–Kier alpha value is -2.63. The van der Waals surface area contributed by atoms with Crippen LogP contribution in [0.25, 0.3) is 0 Å². The lowest BCUT2D eigenvalue weighted by Gasteiger charge is -2.24. The Morgan fingerprint density at radius 3 is 2.78 bits per heavy atom. The molecule has 1 aromatic carbocycles. The van der Waals surface area contributed by atoms with Gasteiger partial charge in [0.1, 0.15) is 11.8 Å². The van der Waals surface area contributed by atoms with Crippen LogP contribution < -0.4 is 26.9 Å². The highest BCUT2D eigenvalue weighted by Crippen LogP contribution is 2.31. The minimum Gasteiger partial charge on any atom is -0.442 e. The zero-order valence-electron chi connectivity index (χ0n) is 14.6. The minimum absolute atomic E-state index is 0.0865. The third-order valence-electron chi connectivity index (χ3n) is 4.24. The summed E-state index contributed by atoms with van der Waals surface area (Å²) in [6.45, 7) is 1.78. The summed E-state index contributed by atoms with van der Waals surface area (Å²) in [6.07, 6.45) is 1.42. The summed E-state index contributed by atoms with van der Waals surface area (Å²) in [4.78, 5) is 19.9. The van der Waals surface area contributed by atoms with E-state index in [1.165, 1.54) is 22.3 Å². The maximum atomic E-state index is 14.6. The molecule has 0 saturated carbocycles. The molecule has 9 nitrogen and oxygen atoms in total. The largest absolute Gasteiger partial charge is 0.442 e. The van der Waals surface area contributed by atoms with Gasteiger partial charge in [-0.2, -0.15) is 0 Å². The van der Waals surface area contributed by atoms with Crippen molar-refractivity contribution in [1.82, 2.24) is 10.5 Å². The van der Waals surface area contributed by atoms with Gasteiger partial charge in [-0.05, 0) is 0 Å². The van der Waals surface area contributed by atoms with Gasteiger partial charge in [0.2, 0.25) is 0 Å². The third-order valence-corrected chi connectivity index (χ3v) is 4.24. The van der Waals surface area contributed by atoms with Gasteiger partial charge in [-0.1, -0.05) is 0 Å². The zero-order chi connectivity index (χ0) is 19.4. The number of cyclic esters (lactones) is 1. The van der Waals surface area contributed by atoms with Crippen LogP contribution in [0.2, 0.25) is 0 Å². The van der Waals surface area contributed by atoms with Gasteiger partial charge in [-0.15, -0.1) is 0 Å². The summed E-state index contributed by atoms with van der Waals surface area (Å²) in [5, 5.41) is 1.27. The van der Waals surface area contributed by atoms with Gasteiger partial charge in [0.05, 0.1) is 25.4 Å². The van der Waals surface area contributed by atoms with Crippen molar-refractivity contribution in [2.24, 2.45) is 11.6 Å². The fourth-order valence-corrected chi connectivity index (χ4v) is 3.06. The molecule has 2 aliphatic rings. The van der Waals surface area contributed by atoms with Gasteiger partial charge >= 0.3 is 6.09 Å². The highest BCUT2D eigenvalue weighted by atomic mass is 19.1. The second-order valence-corrected chi connectivity index (χ2v) is 6.14. The van der Waals surface area contributed by atoms with Crippen molar-refractivity contribution >= 4 is 17.5 Å². The van der Waals surface area contributed by atoms with E-state index in [0.29, 0.717) is 26.2 Å². The Morgan fingerprint density at radius 2 is 2.07 bits per heavy atom. The maximum absolute atomic E-state index is 14.6. The zero-order valence-corrected chi connectivity index (χ0v) is 14.6. The number of hydrogen-bond donors (Lipinski definition) is 3. The van der Waals surface area contributed by atoms with E-state index in [9.17, 15) is 13.6 Å². The number of benzene rings is 1. The number of nitrogens with zero attached hydrogens (tertiary/aromatic N) is 3. The molecule has 3 rings (SSSR count). The number of hydrazine groups is 1. The van der Waals surface area contributed by atoms with Crippen LogP contribution >= 0.6 is 0 Å². The van der Waals surface area contributed by atoms with Crippen molar-refractivity contribution in [1.29, 1.82) is 0 Å². The number of nitrogens with one attached hydrogen (secondary N) is 1. The smallest absolute Gasteiger partial charge is 0.414 e. The first-order valence-electron chi connectivity index (χ1n) is 8.46. The van der Waals surface area contributed by atoms with Gasteiger partial charge in [0.15, 0.2) is 11.6 Å². The highest BCUT2D eigenvalue weighted by Gasteiger charge is 2.34. The van der Waals surface area contributed by atoms with E-state index in [1.807, 2.05) is 0 Å². The first-order chi connectivity index (χ1) is 13.0. The molecule has 0 unspecified atom stereocenters. The van der Waals surface area contributed by atoms with Gasteiger partial charge in [-0.25, -0.2) is 24.9 Å².